The highest BCUT2D eigenvalue weighted by Gasteiger charge is 2.16. The highest BCUT2D eigenvalue weighted by atomic mass is 16.6. The number of imidazole rings is 1. The molecule has 2 aromatic heterocycles. The molecular formula is C23H30N6O2. The molecule has 0 bridgehead atoms. The number of nitrogens with one attached hydrogen (secondary N) is 2. The number of amides is 1. The molecule has 1 aliphatic heterocycles. The first-order chi connectivity index (χ1) is 15.0. The fraction of sp³-hybridized carbons (Fsp3) is 0.435. The van der Waals surface area contributed by atoms with Crippen LogP contribution in [0.15, 0.2) is 42.6 Å². The van der Waals surface area contributed by atoms with E-state index in [9.17, 15) is 4.79 Å². The van der Waals surface area contributed by atoms with Gasteiger partial charge in [-0.1, -0.05) is 24.3 Å². The first kappa shape index (κ1) is 21.1. The first-order valence-electron chi connectivity index (χ1n) is 10.9. The van der Waals surface area contributed by atoms with Crippen LogP contribution in [0.2, 0.25) is 0 Å². The Morgan fingerprint density at radius 3 is 2.81 bits per heavy atom. The van der Waals surface area contributed by atoms with E-state index < -0.39 is 0 Å². The second kappa shape index (κ2) is 9.34. The van der Waals surface area contributed by atoms with Gasteiger partial charge in [0.25, 0.3) is 0 Å². The molecule has 1 saturated heterocycles. The van der Waals surface area contributed by atoms with E-state index in [1.165, 1.54) is 18.4 Å². The van der Waals surface area contributed by atoms with Gasteiger partial charge in [0.05, 0.1) is 18.0 Å². The maximum atomic E-state index is 11.9. The number of carbonyl (C=O) groups is 1. The van der Waals surface area contributed by atoms with Crippen molar-refractivity contribution >= 4 is 17.6 Å². The summed E-state index contributed by atoms with van der Waals surface area (Å²) >= 11 is 0. The van der Waals surface area contributed by atoms with Crippen molar-refractivity contribution in [3.8, 4) is 11.3 Å². The minimum atomic E-state index is -0.326. The van der Waals surface area contributed by atoms with Crippen molar-refractivity contribution in [2.45, 2.75) is 38.8 Å². The maximum Gasteiger partial charge on any atom is 0.409 e. The number of ether oxygens (including phenoxy) is 1. The number of hydrogen-bond donors (Lipinski definition) is 2. The molecule has 0 radical (unpaired) electrons. The number of rotatable bonds is 7. The number of aromatic nitrogens is 3. The average molecular weight is 423 g/mol. The molecule has 164 valence electrons. The van der Waals surface area contributed by atoms with Gasteiger partial charge in [0.1, 0.15) is 5.82 Å². The van der Waals surface area contributed by atoms with Crippen molar-refractivity contribution in [2.24, 2.45) is 0 Å². The van der Waals surface area contributed by atoms with Crippen LogP contribution in [-0.2, 0) is 4.74 Å². The van der Waals surface area contributed by atoms with Gasteiger partial charge in [-0.2, -0.15) is 0 Å². The average Bonchev–Trinajstić information content (AvgIpc) is 3.43. The fourth-order valence-corrected chi connectivity index (χ4v) is 3.75. The summed E-state index contributed by atoms with van der Waals surface area (Å²) in [5.41, 5.74) is 4.14. The number of carbonyl (C=O) groups excluding carboxylic acids is 1. The van der Waals surface area contributed by atoms with E-state index in [0.29, 0.717) is 19.1 Å². The Hall–Kier alpha value is -3.13. The van der Waals surface area contributed by atoms with Crippen LogP contribution in [0.3, 0.4) is 0 Å². The molecule has 1 aromatic carbocycles. The Morgan fingerprint density at radius 1 is 1.29 bits per heavy atom. The first-order valence-corrected chi connectivity index (χ1v) is 10.9. The summed E-state index contributed by atoms with van der Waals surface area (Å²) in [5.74, 6) is 0.726. The van der Waals surface area contributed by atoms with Gasteiger partial charge < -0.3 is 20.3 Å². The summed E-state index contributed by atoms with van der Waals surface area (Å²) in [7, 11) is 1.72. The van der Waals surface area contributed by atoms with E-state index in [1.807, 2.05) is 36.7 Å². The third kappa shape index (κ3) is 4.96. The molecule has 3 heterocycles. The predicted octanol–water partition coefficient (Wildman–Crippen LogP) is 3.71. The lowest BCUT2D eigenvalue weighted by Crippen LogP contribution is -2.33. The zero-order chi connectivity index (χ0) is 21.8. The van der Waals surface area contributed by atoms with Crippen molar-refractivity contribution < 1.29 is 9.53 Å². The van der Waals surface area contributed by atoms with Crippen molar-refractivity contribution in [2.75, 3.05) is 32.0 Å². The molecule has 1 amide bonds. The molecule has 1 fully saturated rings. The molecule has 31 heavy (non-hydrogen) atoms. The van der Waals surface area contributed by atoms with Gasteiger partial charge in [-0.15, -0.1) is 5.10 Å². The topological polar surface area (TPSA) is 83.8 Å². The molecule has 0 saturated carbocycles. The molecule has 8 nitrogen and oxygen atoms in total. The number of benzene rings is 1. The second-order valence-corrected chi connectivity index (χ2v) is 8.18. The zero-order valence-corrected chi connectivity index (χ0v) is 18.3. The van der Waals surface area contributed by atoms with Crippen LogP contribution in [0.25, 0.3) is 16.9 Å². The number of fused-ring (bicyclic) bond motifs is 1. The Bertz CT molecular complexity index is 1020. The van der Waals surface area contributed by atoms with Gasteiger partial charge in [0, 0.05) is 31.7 Å². The molecule has 1 atom stereocenters. The Morgan fingerprint density at radius 2 is 2.10 bits per heavy atom. The smallest absolute Gasteiger partial charge is 0.409 e. The van der Waals surface area contributed by atoms with Gasteiger partial charge in [0.15, 0.2) is 5.65 Å². The number of anilines is 1. The molecule has 4 rings (SSSR count). The molecule has 3 aromatic rings. The van der Waals surface area contributed by atoms with Crippen LogP contribution in [0.5, 0.6) is 0 Å². The summed E-state index contributed by atoms with van der Waals surface area (Å²) in [6.45, 7) is 5.85. The maximum absolute atomic E-state index is 11.9. The fourth-order valence-electron chi connectivity index (χ4n) is 3.75. The van der Waals surface area contributed by atoms with Crippen molar-refractivity contribution in [1.29, 1.82) is 0 Å². The van der Waals surface area contributed by atoms with Crippen molar-refractivity contribution in [3.63, 3.8) is 0 Å². The Balaban J connectivity index is 1.43. The zero-order valence-electron chi connectivity index (χ0n) is 18.3. The molecule has 0 aliphatic carbocycles. The Labute approximate surface area is 182 Å². The highest BCUT2D eigenvalue weighted by molar-refractivity contribution is 5.67. The third-order valence-electron chi connectivity index (χ3n) is 5.43. The SMILES string of the molecule is CC(C)OC(=O)N(C)CCNc1ccc2ncc(-c3ccc(C4CCCN4)cc3)n2n1. The summed E-state index contributed by atoms with van der Waals surface area (Å²) < 4.78 is 7.04. The lowest BCUT2D eigenvalue weighted by atomic mass is 10.0. The van der Waals surface area contributed by atoms with E-state index in [2.05, 4.69) is 39.9 Å². The van der Waals surface area contributed by atoms with Gasteiger partial charge in [-0.25, -0.2) is 14.3 Å². The number of hydrogen-bond acceptors (Lipinski definition) is 6. The number of likely N-dealkylation sites (N-methyl/N-ethyl adjacent to an activating group) is 1. The van der Waals surface area contributed by atoms with Gasteiger partial charge in [-0.05, 0) is 50.9 Å². The van der Waals surface area contributed by atoms with Gasteiger partial charge >= 0.3 is 6.09 Å². The Kier molecular flexibility index (Phi) is 6.36. The monoisotopic (exact) mass is 422 g/mol. The highest BCUT2D eigenvalue weighted by Crippen LogP contribution is 2.26. The van der Waals surface area contributed by atoms with Crippen LogP contribution in [-0.4, -0.2) is 58.4 Å². The van der Waals surface area contributed by atoms with E-state index in [0.717, 1.165) is 29.3 Å². The van der Waals surface area contributed by atoms with Crippen LogP contribution in [0, 0.1) is 0 Å². The summed E-state index contributed by atoms with van der Waals surface area (Å²) in [5, 5.41) is 11.5. The molecule has 8 heteroatoms. The standard InChI is InChI=1S/C23H30N6O2/c1-16(2)31-23(30)28(3)14-13-25-21-10-11-22-26-15-20(29(22)27-21)18-8-6-17(7-9-18)19-5-4-12-24-19/h6-11,15-16,19,24H,4-5,12-14H2,1-3H3,(H,25,27). The molecule has 1 aliphatic rings. The van der Waals surface area contributed by atoms with E-state index in [4.69, 9.17) is 9.84 Å². The lowest BCUT2D eigenvalue weighted by molar-refractivity contribution is 0.0851. The molecular weight excluding hydrogens is 392 g/mol. The largest absolute Gasteiger partial charge is 0.447 e. The molecule has 1 unspecified atom stereocenters. The summed E-state index contributed by atoms with van der Waals surface area (Å²) in [6, 6.07) is 12.9. The molecule has 0 spiro atoms. The van der Waals surface area contributed by atoms with Crippen molar-refractivity contribution in [3.05, 3.63) is 48.2 Å². The van der Waals surface area contributed by atoms with Crippen LogP contribution in [0.1, 0.15) is 38.3 Å². The van der Waals surface area contributed by atoms with E-state index >= 15 is 0 Å². The summed E-state index contributed by atoms with van der Waals surface area (Å²) in [4.78, 5) is 17.9. The van der Waals surface area contributed by atoms with E-state index in [-0.39, 0.29) is 12.2 Å². The van der Waals surface area contributed by atoms with Gasteiger partial charge in [-0.3, -0.25) is 0 Å². The third-order valence-corrected chi connectivity index (χ3v) is 5.43. The van der Waals surface area contributed by atoms with E-state index in [1.54, 1.807) is 11.9 Å². The number of nitrogens with zero attached hydrogens (tertiary/aromatic N) is 4. The quantitative estimate of drug-likeness (QED) is 0.604. The minimum Gasteiger partial charge on any atom is -0.447 e. The van der Waals surface area contributed by atoms with Crippen LogP contribution in [0.4, 0.5) is 10.6 Å². The lowest BCUT2D eigenvalue weighted by Gasteiger charge is -2.19. The minimum absolute atomic E-state index is 0.130. The summed E-state index contributed by atoms with van der Waals surface area (Å²) in [6.07, 6.45) is 3.82. The normalized spacial score (nSPS) is 16.1. The van der Waals surface area contributed by atoms with Crippen molar-refractivity contribution in [1.82, 2.24) is 24.8 Å². The van der Waals surface area contributed by atoms with Crippen LogP contribution >= 0.6 is 0 Å². The second-order valence-electron chi connectivity index (χ2n) is 8.18. The van der Waals surface area contributed by atoms with Crippen LogP contribution < -0.4 is 10.6 Å². The predicted molar refractivity (Wildman–Crippen MR) is 121 cm³/mol. The molecule has 2 N–H and O–H groups in total. The van der Waals surface area contributed by atoms with Gasteiger partial charge in [0.2, 0.25) is 0 Å².